The summed E-state index contributed by atoms with van der Waals surface area (Å²) in [4.78, 5) is 12.6. The first kappa shape index (κ1) is 22.4. The Kier molecular flexibility index (Phi) is 6.53. The summed E-state index contributed by atoms with van der Waals surface area (Å²) < 4.78 is 12.7. The van der Waals surface area contributed by atoms with E-state index in [9.17, 15) is 4.79 Å². The fourth-order valence-corrected chi connectivity index (χ4v) is 4.64. The van der Waals surface area contributed by atoms with Gasteiger partial charge >= 0.3 is 5.97 Å². The summed E-state index contributed by atoms with van der Waals surface area (Å²) in [6.45, 7) is 20.3. The molecule has 0 spiro atoms. The third kappa shape index (κ3) is 5.14. The molecule has 4 heteroatoms. The second-order valence-corrected chi connectivity index (χ2v) is 15.8. The smallest absolute Gasteiger partial charge is 0.311 e. The lowest BCUT2D eigenvalue weighted by Crippen LogP contribution is -2.46. The summed E-state index contributed by atoms with van der Waals surface area (Å²) in [5.41, 5.74) is 0.861. The fraction of sp³-hybridized carbons (Fsp3) is 0.783. The van der Waals surface area contributed by atoms with Gasteiger partial charge in [0.2, 0.25) is 0 Å². The van der Waals surface area contributed by atoms with Crippen LogP contribution in [0.2, 0.25) is 18.1 Å². The van der Waals surface area contributed by atoms with Gasteiger partial charge < -0.3 is 9.16 Å². The monoisotopic (exact) mass is 392 g/mol. The minimum absolute atomic E-state index is 0.0443. The van der Waals surface area contributed by atoms with Gasteiger partial charge in [-0.1, -0.05) is 45.9 Å². The lowest BCUT2D eigenvalue weighted by atomic mass is 9.68. The Morgan fingerprint density at radius 2 is 1.81 bits per heavy atom. The molecule has 3 nitrogen and oxygen atoms in total. The average molecular weight is 393 g/mol. The summed E-state index contributed by atoms with van der Waals surface area (Å²) in [7, 11) is -1.81. The average Bonchev–Trinajstić information content (AvgIpc) is 2.52. The molecule has 0 saturated carbocycles. The predicted molar refractivity (Wildman–Crippen MR) is 115 cm³/mol. The summed E-state index contributed by atoms with van der Waals surface area (Å²) >= 11 is 0. The zero-order valence-corrected chi connectivity index (χ0v) is 19.9. The Morgan fingerprint density at radius 1 is 1.19 bits per heavy atom. The van der Waals surface area contributed by atoms with Crippen molar-refractivity contribution in [1.82, 2.24) is 0 Å². The van der Waals surface area contributed by atoms with Crippen LogP contribution in [0.5, 0.6) is 0 Å². The summed E-state index contributed by atoms with van der Waals surface area (Å²) in [5, 5.41) is 0.198. The van der Waals surface area contributed by atoms with Gasteiger partial charge in [0.25, 0.3) is 0 Å². The van der Waals surface area contributed by atoms with Crippen molar-refractivity contribution in [2.24, 2.45) is 23.2 Å². The number of esters is 1. The molecule has 0 N–H and O–H groups in total. The van der Waals surface area contributed by atoms with E-state index in [1.807, 2.05) is 20.8 Å². The quantitative estimate of drug-likeness (QED) is 0.427. The molecule has 4 atom stereocenters. The van der Waals surface area contributed by atoms with Crippen LogP contribution in [0.25, 0.3) is 0 Å². The van der Waals surface area contributed by atoms with Crippen molar-refractivity contribution in [3.63, 3.8) is 0 Å². The van der Waals surface area contributed by atoms with Crippen molar-refractivity contribution in [2.75, 3.05) is 6.61 Å². The molecular formula is C23H40O3Si. The number of hydrogen-bond donors (Lipinski definition) is 0. The molecule has 154 valence electrons. The van der Waals surface area contributed by atoms with E-state index in [1.54, 1.807) is 0 Å². The molecular weight excluding hydrogens is 352 g/mol. The molecule has 0 fully saturated rings. The van der Waals surface area contributed by atoms with Gasteiger partial charge in [0.05, 0.1) is 5.41 Å². The van der Waals surface area contributed by atoms with Crippen LogP contribution in [0.4, 0.5) is 0 Å². The zero-order valence-electron chi connectivity index (χ0n) is 18.9. The Balaban J connectivity index is 2.22. The van der Waals surface area contributed by atoms with Crippen LogP contribution in [0.15, 0.2) is 23.8 Å². The molecule has 0 unspecified atom stereocenters. The predicted octanol–water partition coefficient (Wildman–Crippen LogP) is 6.12. The lowest BCUT2D eigenvalue weighted by Gasteiger charge is -2.44. The highest BCUT2D eigenvalue weighted by Crippen LogP contribution is 2.44. The van der Waals surface area contributed by atoms with Crippen LogP contribution < -0.4 is 0 Å². The van der Waals surface area contributed by atoms with Gasteiger partial charge in [0.1, 0.15) is 6.10 Å². The number of hydrogen-bond acceptors (Lipinski definition) is 3. The van der Waals surface area contributed by atoms with Gasteiger partial charge in [0.15, 0.2) is 8.32 Å². The number of carbonyl (C=O) groups excluding carboxylic acids is 1. The second-order valence-electron chi connectivity index (χ2n) is 11.0. The van der Waals surface area contributed by atoms with E-state index in [0.29, 0.717) is 11.8 Å². The van der Waals surface area contributed by atoms with Gasteiger partial charge in [-0.3, -0.25) is 4.79 Å². The third-order valence-corrected chi connectivity index (χ3v) is 11.2. The topological polar surface area (TPSA) is 35.5 Å². The Bertz CT molecular complexity index is 604. The van der Waals surface area contributed by atoms with E-state index in [0.717, 1.165) is 19.4 Å². The van der Waals surface area contributed by atoms with Crippen LogP contribution in [0, 0.1) is 23.2 Å². The summed E-state index contributed by atoms with van der Waals surface area (Å²) in [6.07, 6.45) is 8.71. The van der Waals surface area contributed by atoms with Crippen molar-refractivity contribution in [3.8, 4) is 0 Å². The number of allylic oxidation sites excluding steroid dienone is 3. The molecule has 0 aliphatic heterocycles. The van der Waals surface area contributed by atoms with E-state index >= 15 is 0 Å². The van der Waals surface area contributed by atoms with Gasteiger partial charge in [-0.2, -0.15) is 0 Å². The van der Waals surface area contributed by atoms with Crippen LogP contribution in [0.3, 0.4) is 0 Å². The molecule has 2 aliphatic rings. The molecule has 0 saturated heterocycles. The van der Waals surface area contributed by atoms with Gasteiger partial charge in [-0.15, -0.1) is 0 Å². The Labute approximate surface area is 167 Å². The highest BCUT2D eigenvalue weighted by Gasteiger charge is 2.43. The van der Waals surface area contributed by atoms with E-state index in [4.69, 9.17) is 9.16 Å². The number of ether oxygens (including phenoxy) is 1. The van der Waals surface area contributed by atoms with E-state index in [2.05, 4.69) is 59.0 Å². The maximum Gasteiger partial charge on any atom is 0.311 e. The maximum absolute atomic E-state index is 12.6. The van der Waals surface area contributed by atoms with Gasteiger partial charge in [-0.05, 0) is 69.2 Å². The van der Waals surface area contributed by atoms with Crippen LogP contribution in [-0.4, -0.2) is 27.0 Å². The second kappa shape index (κ2) is 7.86. The van der Waals surface area contributed by atoms with Crippen molar-refractivity contribution >= 4 is 14.3 Å². The van der Waals surface area contributed by atoms with E-state index in [1.165, 1.54) is 5.57 Å². The van der Waals surface area contributed by atoms with Crippen LogP contribution in [-0.2, 0) is 14.0 Å². The highest BCUT2D eigenvalue weighted by atomic mass is 28.4. The molecule has 2 rings (SSSR count). The first-order valence-electron chi connectivity index (χ1n) is 10.5. The van der Waals surface area contributed by atoms with Crippen molar-refractivity contribution in [1.29, 1.82) is 0 Å². The standard InChI is InChI=1S/C23H40O3Si/c1-16-13-14-17-11-10-12-19(26-21(24)22(2,3)4)20(17)18(16)15-25-27(8,9)23(5,6)7/h11,13-14,16,18-20H,10,12,15H2,1-9H3/t16-,18-,19-,20-/m0/s1. The molecule has 2 aliphatic carbocycles. The molecule has 0 bridgehead atoms. The lowest BCUT2D eigenvalue weighted by molar-refractivity contribution is -0.163. The SMILES string of the molecule is C[C@H]1C=CC2=CCC[C@H](OC(=O)C(C)(C)C)[C@@H]2[C@H]1CO[Si](C)(C)C(C)(C)C. The Hall–Kier alpha value is -0.873. The largest absolute Gasteiger partial charge is 0.461 e. The minimum atomic E-state index is -1.81. The third-order valence-electron chi connectivity index (χ3n) is 6.66. The van der Waals surface area contributed by atoms with E-state index in [-0.39, 0.29) is 23.0 Å². The van der Waals surface area contributed by atoms with Crippen molar-refractivity contribution in [2.45, 2.75) is 85.5 Å². The molecule has 0 amide bonds. The molecule has 0 aromatic heterocycles. The number of fused-ring (bicyclic) bond motifs is 1. The van der Waals surface area contributed by atoms with Crippen LogP contribution >= 0.6 is 0 Å². The van der Waals surface area contributed by atoms with Gasteiger partial charge in [0, 0.05) is 12.5 Å². The molecule has 0 radical (unpaired) electrons. The fourth-order valence-electron chi connectivity index (χ4n) is 3.60. The van der Waals surface area contributed by atoms with Gasteiger partial charge in [-0.25, -0.2) is 0 Å². The molecule has 0 aromatic rings. The maximum atomic E-state index is 12.6. The van der Waals surface area contributed by atoms with Crippen LogP contribution in [0.1, 0.15) is 61.3 Å². The Morgan fingerprint density at radius 3 is 2.37 bits per heavy atom. The molecule has 27 heavy (non-hydrogen) atoms. The molecule has 0 aromatic carbocycles. The number of carbonyl (C=O) groups is 1. The van der Waals surface area contributed by atoms with Crippen molar-refractivity contribution in [3.05, 3.63) is 23.8 Å². The first-order chi connectivity index (χ1) is 12.2. The highest BCUT2D eigenvalue weighted by molar-refractivity contribution is 6.74. The minimum Gasteiger partial charge on any atom is -0.461 e. The zero-order chi connectivity index (χ0) is 20.6. The summed E-state index contributed by atoms with van der Waals surface area (Å²) in [5.74, 6) is 0.925. The first-order valence-corrected chi connectivity index (χ1v) is 13.4. The molecule has 0 heterocycles. The summed E-state index contributed by atoms with van der Waals surface area (Å²) in [6, 6.07) is 0. The van der Waals surface area contributed by atoms with Crippen molar-refractivity contribution < 1.29 is 14.0 Å². The number of rotatable bonds is 4. The van der Waals surface area contributed by atoms with E-state index < -0.39 is 13.7 Å². The normalized spacial score (nSPS) is 29.1.